The Morgan fingerprint density at radius 1 is 1.44 bits per heavy atom. The number of alkyl halides is 1. The molecule has 0 atom stereocenters. The summed E-state index contributed by atoms with van der Waals surface area (Å²) in [5.41, 5.74) is 1.09. The topological polar surface area (TPSA) is 41.6 Å². The van der Waals surface area contributed by atoms with E-state index in [0.29, 0.717) is 24.9 Å². The lowest BCUT2D eigenvalue weighted by molar-refractivity contribution is -0.120. The molecule has 1 aromatic rings. The number of ether oxygens (including phenoxy) is 1. The molecule has 0 heterocycles. The first-order chi connectivity index (χ1) is 8.63. The van der Waals surface area contributed by atoms with E-state index in [4.69, 9.17) is 4.74 Å². The highest BCUT2D eigenvalue weighted by atomic mass is 79.9. The molecule has 0 spiro atoms. The lowest BCUT2D eigenvalue weighted by atomic mass is 10.3. The SMILES string of the molecule is CN(C)c1cccc(OCCNC(=O)CCBr)c1. The molecule has 1 rings (SSSR count). The van der Waals surface area contributed by atoms with Crippen molar-refractivity contribution in [3.8, 4) is 5.75 Å². The van der Waals surface area contributed by atoms with Crippen LogP contribution in [0.1, 0.15) is 6.42 Å². The van der Waals surface area contributed by atoms with E-state index < -0.39 is 0 Å². The van der Waals surface area contributed by atoms with Crippen LogP contribution in [0.25, 0.3) is 0 Å². The molecule has 5 heteroatoms. The van der Waals surface area contributed by atoms with Gasteiger partial charge in [0.2, 0.25) is 5.91 Å². The Kier molecular flexibility index (Phi) is 6.57. The number of halogens is 1. The number of nitrogens with one attached hydrogen (secondary N) is 1. The van der Waals surface area contributed by atoms with Crippen LogP contribution >= 0.6 is 15.9 Å². The third-order valence-electron chi connectivity index (χ3n) is 2.35. The quantitative estimate of drug-likeness (QED) is 0.618. The highest BCUT2D eigenvalue weighted by Crippen LogP contribution is 2.18. The van der Waals surface area contributed by atoms with Gasteiger partial charge < -0.3 is 15.0 Å². The molecule has 0 radical (unpaired) electrons. The zero-order valence-electron chi connectivity index (χ0n) is 10.8. The number of carbonyl (C=O) groups is 1. The van der Waals surface area contributed by atoms with E-state index in [9.17, 15) is 4.79 Å². The molecule has 0 fully saturated rings. The standard InChI is InChI=1S/C13H19BrN2O2/c1-16(2)11-4-3-5-12(10-11)18-9-8-15-13(17)6-7-14/h3-5,10H,6-9H2,1-2H3,(H,15,17). The van der Waals surface area contributed by atoms with Crippen LogP contribution in [0.2, 0.25) is 0 Å². The maximum atomic E-state index is 11.2. The van der Waals surface area contributed by atoms with Gasteiger partial charge in [0, 0.05) is 37.6 Å². The summed E-state index contributed by atoms with van der Waals surface area (Å²) in [4.78, 5) is 13.2. The second-order valence-corrected chi connectivity index (χ2v) is 4.82. The molecule has 4 nitrogen and oxygen atoms in total. The number of anilines is 1. The Morgan fingerprint density at radius 3 is 2.89 bits per heavy atom. The summed E-state index contributed by atoms with van der Waals surface area (Å²) in [6.45, 7) is 1.00. The normalized spacial score (nSPS) is 9.94. The Hall–Kier alpha value is -1.23. The van der Waals surface area contributed by atoms with Crippen molar-refractivity contribution in [1.82, 2.24) is 5.32 Å². The minimum Gasteiger partial charge on any atom is -0.492 e. The summed E-state index contributed by atoms with van der Waals surface area (Å²) >= 11 is 3.22. The largest absolute Gasteiger partial charge is 0.492 e. The van der Waals surface area contributed by atoms with Gasteiger partial charge in [-0.05, 0) is 12.1 Å². The fourth-order valence-electron chi connectivity index (χ4n) is 1.39. The Labute approximate surface area is 116 Å². The summed E-state index contributed by atoms with van der Waals surface area (Å²) in [6.07, 6.45) is 0.496. The van der Waals surface area contributed by atoms with Crippen molar-refractivity contribution in [2.24, 2.45) is 0 Å². The van der Waals surface area contributed by atoms with Crippen LogP contribution < -0.4 is 15.0 Å². The van der Waals surface area contributed by atoms with E-state index in [0.717, 1.165) is 11.4 Å². The molecule has 1 aromatic carbocycles. The van der Waals surface area contributed by atoms with Gasteiger partial charge in [-0.15, -0.1) is 0 Å². The van der Waals surface area contributed by atoms with Gasteiger partial charge in [-0.1, -0.05) is 22.0 Å². The van der Waals surface area contributed by atoms with Crippen LogP contribution in [0, 0.1) is 0 Å². The maximum Gasteiger partial charge on any atom is 0.220 e. The van der Waals surface area contributed by atoms with E-state index in [1.807, 2.05) is 43.3 Å². The molecule has 0 saturated heterocycles. The van der Waals surface area contributed by atoms with Crippen LogP contribution in [-0.2, 0) is 4.79 Å². The summed E-state index contributed by atoms with van der Waals surface area (Å²) < 4.78 is 5.57. The molecule has 0 aliphatic rings. The minimum atomic E-state index is 0.0394. The molecule has 0 saturated carbocycles. The lowest BCUT2D eigenvalue weighted by Gasteiger charge is -2.14. The first-order valence-corrected chi connectivity index (χ1v) is 6.98. The van der Waals surface area contributed by atoms with E-state index in [2.05, 4.69) is 21.2 Å². The first kappa shape index (κ1) is 14.8. The lowest BCUT2D eigenvalue weighted by Crippen LogP contribution is -2.28. The number of carbonyl (C=O) groups excluding carboxylic acids is 1. The van der Waals surface area contributed by atoms with Gasteiger partial charge >= 0.3 is 0 Å². The van der Waals surface area contributed by atoms with Gasteiger partial charge in [0.05, 0.1) is 6.54 Å². The van der Waals surface area contributed by atoms with Crippen molar-refractivity contribution >= 4 is 27.5 Å². The molecular weight excluding hydrogens is 296 g/mol. The van der Waals surface area contributed by atoms with Crippen molar-refractivity contribution in [2.45, 2.75) is 6.42 Å². The predicted octanol–water partition coefficient (Wildman–Crippen LogP) is 2.03. The fourth-order valence-corrected chi connectivity index (χ4v) is 1.75. The van der Waals surface area contributed by atoms with E-state index >= 15 is 0 Å². The second-order valence-electron chi connectivity index (χ2n) is 4.03. The molecule has 100 valence electrons. The third kappa shape index (κ3) is 5.40. The van der Waals surface area contributed by atoms with Gasteiger partial charge in [-0.3, -0.25) is 4.79 Å². The van der Waals surface area contributed by atoms with E-state index in [1.165, 1.54) is 0 Å². The number of nitrogens with zero attached hydrogens (tertiary/aromatic N) is 1. The van der Waals surface area contributed by atoms with Crippen LogP contribution in [0.3, 0.4) is 0 Å². The Balaban J connectivity index is 2.31. The number of rotatable bonds is 7. The number of amides is 1. The van der Waals surface area contributed by atoms with Crippen LogP contribution in [-0.4, -0.2) is 38.5 Å². The molecular formula is C13H19BrN2O2. The summed E-state index contributed by atoms with van der Waals surface area (Å²) in [7, 11) is 3.97. The number of hydrogen-bond acceptors (Lipinski definition) is 3. The summed E-state index contributed by atoms with van der Waals surface area (Å²) in [5, 5.41) is 3.47. The van der Waals surface area contributed by atoms with Crippen molar-refractivity contribution in [2.75, 3.05) is 37.5 Å². The second kappa shape index (κ2) is 7.97. The fraction of sp³-hybridized carbons (Fsp3) is 0.462. The Bertz CT molecular complexity index is 383. The van der Waals surface area contributed by atoms with Gasteiger partial charge in [-0.25, -0.2) is 0 Å². The predicted molar refractivity (Wildman–Crippen MR) is 77.7 cm³/mol. The molecule has 0 unspecified atom stereocenters. The zero-order valence-corrected chi connectivity index (χ0v) is 12.4. The molecule has 0 aliphatic heterocycles. The Morgan fingerprint density at radius 2 is 2.22 bits per heavy atom. The van der Waals surface area contributed by atoms with Gasteiger partial charge in [0.25, 0.3) is 0 Å². The van der Waals surface area contributed by atoms with Gasteiger partial charge in [0.15, 0.2) is 0 Å². The van der Waals surface area contributed by atoms with Crippen LogP contribution in [0.4, 0.5) is 5.69 Å². The van der Waals surface area contributed by atoms with E-state index in [-0.39, 0.29) is 5.91 Å². The average Bonchev–Trinajstić information content (AvgIpc) is 2.35. The number of benzene rings is 1. The molecule has 0 bridgehead atoms. The van der Waals surface area contributed by atoms with Crippen molar-refractivity contribution in [1.29, 1.82) is 0 Å². The van der Waals surface area contributed by atoms with Crippen molar-refractivity contribution in [3.05, 3.63) is 24.3 Å². The monoisotopic (exact) mass is 314 g/mol. The summed E-state index contributed by atoms with van der Waals surface area (Å²) in [5.74, 6) is 0.855. The van der Waals surface area contributed by atoms with Crippen LogP contribution in [0.15, 0.2) is 24.3 Å². The first-order valence-electron chi connectivity index (χ1n) is 5.86. The smallest absolute Gasteiger partial charge is 0.220 e. The average molecular weight is 315 g/mol. The highest BCUT2D eigenvalue weighted by molar-refractivity contribution is 9.09. The zero-order chi connectivity index (χ0) is 13.4. The highest BCUT2D eigenvalue weighted by Gasteiger charge is 2.00. The van der Waals surface area contributed by atoms with Gasteiger partial charge in [0.1, 0.15) is 12.4 Å². The molecule has 0 aliphatic carbocycles. The van der Waals surface area contributed by atoms with Crippen molar-refractivity contribution < 1.29 is 9.53 Å². The third-order valence-corrected chi connectivity index (χ3v) is 2.75. The number of hydrogen-bond donors (Lipinski definition) is 1. The van der Waals surface area contributed by atoms with Crippen molar-refractivity contribution in [3.63, 3.8) is 0 Å². The molecule has 1 N–H and O–H groups in total. The minimum absolute atomic E-state index is 0.0394. The summed E-state index contributed by atoms with van der Waals surface area (Å²) in [6, 6.07) is 7.85. The maximum absolute atomic E-state index is 11.2. The molecule has 0 aromatic heterocycles. The van der Waals surface area contributed by atoms with Crippen LogP contribution in [0.5, 0.6) is 5.75 Å². The van der Waals surface area contributed by atoms with Gasteiger partial charge in [-0.2, -0.15) is 0 Å². The molecule has 1 amide bonds. The molecule has 18 heavy (non-hydrogen) atoms. The van der Waals surface area contributed by atoms with E-state index in [1.54, 1.807) is 0 Å².